The highest BCUT2D eigenvalue weighted by molar-refractivity contribution is 9.10. The number of halogens is 1. The topological polar surface area (TPSA) is 90.4 Å². The number of furan rings is 1. The molecule has 2 aromatic carbocycles. The maximum atomic E-state index is 12.9. The van der Waals surface area contributed by atoms with E-state index in [1.165, 1.54) is 6.26 Å². The lowest BCUT2D eigenvalue weighted by Crippen LogP contribution is -2.15. The van der Waals surface area contributed by atoms with Crippen LogP contribution in [0.1, 0.15) is 24.2 Å². The van der Waals surface area contributed by atoms with E-state index in [9.17, 15) is 4.79 Å². The summed E-state index contributed by atoms with van der Waals surface area (Å²) in [5, 5.41) is 11.0. The first-order valence-corrected chi connectivity index (χ1v) is 10.0. The molecule has 0 aliphatic carbocycles. The highest BCUT2D eigenvalue weighted by Gasteiger charge is 2.16. The van der Waals surface area contributed by atoms with E-state index < -0.39 is 0 Å². The van der Waals surface area contributed by atoms with Crippen LogP contribution in [0.5, 0.6) is 5.75 Å². The van der Waals surface area contributed by atoms with Crippen LogP contribution in [0, 0.1) is 0 Å². The van der Waals surface area contributed by atoms with Crippen molar-refractivity contribution in [3.63, 3.8) is 0 Å². The number of amides is 1. The van der Waals surface area contributed by atoms with Crippen molar-refractivity contribution >= 4 is 27.5 Å². The predicted octanol–water partition coefficient (Wildman–Crippen LogP) is 5.80. The molecule has 2 aromatic heterocycles. The van der Waals surface area contributed by atoms with E-state index in [2.05, 4.69) is 31.4 Å². The Kier molecular flexibility index (Phi) is 5.67. The molecule has 0 atom stereocenters. The minimum absolute atomic E-state index is 0.0538. The zero-order valence-corrected chi connectivity index (χ0v) is 17.8. The SMILES string of the molecule is CC(C)Oc1ccc(Br)cc1C(=O)Nc1cccc(-c2nnc(-c3ccco3)o2)c1. The highest BCUT2D eigenvalue weighted by Crippen LogP contribution is 2.28. The Bertz CT molecular complexity index is 1170. The maximum absolute atomic E-state index is 12.9. The molecule has 0 unspecified atom stereocenters. The first-order chi connectivity index (χ1) is 14.5. The average Bonchev–Trinajstić information content (AvgIpc) is 3.41. The number of ether oxygens (including phenoxy) is 1. The third-order valence-electron chi connectivity index (χ3n) is 4.07. The summed E-state index contributed by atoms with van der Waals surface area (Å²) in [4.78, 5) is 12.9. The van der Waals surface area contributed by atoms with E-state index in [1.807, 2.05) is 26.0 Å². The third-order valence-corrected chi connectivity index (χ3v) is 4.57. The van der Waals surface area contributed by atoms with E-state index in [4.69, 9.17) is 13.6 Å². The zero-order valence-electron chi connectivity index (χ0n) is 16.3. The van der Waals surface area contributed by atoms with Gasteiger partial charge in [0.1, 0.15) is 5.75 Å². The lowest BCUT2D eigenvalue weighted by atomic mass is 10.1. The molecule has 4 aromatic rings. The number of anilines is 1. The van der Waals surface area contributed by atoms with E-state index in [1.54, 1.807) is 42.5 Å². The van der Waals surface area contributed by atoms with Gasteiger partial charge in [0.25, 0.3) is 11.8 Å². The molecule has 2 heterocycles. The second-order valence-corrected chi connectivity index (χ2v) is 7.65. The number of benzene rings is 2. The van der Waals surface area contributed by atoms with Gasteiger partial charge in [0.15, 0.2) is 5.76 Å². The zero-order chi connectivity index (χ0) is 21.1. The largest absolute Gasteiger partial charge is 0.490 e. The molecule has 152 valence electrons. The van der Waals surface area contributed by atoms with Crippen molar-refractivity contribution < 1.29 is 18.4 Å². The molecule has 1 N–H and O–H groups in total. The number of nitrogens with one attached hydrogen (secondary N) is 1. The Balaban J connectivity index is 1.57. The van der Waals surface area contributed by atoms with E-state index in [-0.39, 0.29) is 17.9 Å². The Hall–Kier alpha value is -3.39. The summed E-state index contributed by atoms with van der Waals surface area (Å²) in [6, 6.07) is 16.0. The number of carbonyl (C=O) groups excluding carboxylic acids is 1. The van der Waals surface area contributed by atoms with Crippen LogP contribution in [0.2, 0.25) is 0 Å². The summed E-state index contributed by atoms with van der Waals surface area (Å²) < 4.78 is 17.5. The predicted molar refractivity (Wildman–Crippen MR) is 115 cm³/mol. The van der Waals surface area contributed by atoms with Crippen LogP contribution in [-0.4, -0.2) is 22.2 Å². The van der Waals surface area contributed by atoms with Crippen LogP contribution in [0.15, 0.2) is 74.2 Å². The van der Waals surface area contributed by atoms with Crippen molar-refractivity contribution in [2.24, 2.45) is 0 Å². The quantitative estimate of drug-likeness (QED) is 0.385. The van der Waals surface area contributed by atoms with Gasteiger partial charge < -0.3 is 18.9 Å². The van der Waals surface area contributed by atoms with Crippen LogP contribution < -0.4 is 10.1 Å². The molecule has 0 aliphatic heterocycles. The maximum Gasteiger partial charge on any atom is 0.283 e. The van der Waals surface area contributed by atoms with Gasteiger partial charge in [-0.15, -0.1) is 10.2 Å². The van der Waals surface area contributed by atoms with Crippen molar-refractivity contribution in [1.82, 2.24) is 10.2 Å². The standard InChI is InChI=1S/C22H18BrN3O4/c1-13(2)29-18-9-8-15(23)12-17(18)20(27)24-16-6-3-5-14(11-16)21-25-26-22(30-21)19-7-4-10-28-19/h3-13H,1-2H3,(H,24,27). The molecule has 8 heteroatoms. The molecule has 0 aliphatic rings. The molecular formula is C22H18BrN3O4. The molecule has 0 spiro atoms. The highest BCUT2D eigenvalue weighted by atomic mass is 79.9. The number of hydrogen-bond donors (Lipinski definition) is 1. The van der Waals surface area contributed by atoms with Crippen molar-refractivity contribution in [3.8, 4) is 28.9 Å². The lowest BCUT2D eigenvalue weighted by molar-refractivity contribution is 0.102. The molecule has 0 saturated heterocycles. The second kappa shape index (κ2) is 8.54. The smallest absolute Gasteiger partial charge is 0.283 e. The van der Waals surface area contributed by atoms with Crippen molar-refractivity contribution in [3.05, 3.63) is 70.9 Å². The molecule has 4 rings (SSSR count). The molecule has 0 fully saturated rings. The number of rotatable bonds is 6. The van der Waals surface area contributed by atoms with Crippen LogP contribution in [0.25, 0.3) is 23.1 Å². The molecule has 0 radical (unpaired) electrons. The normalized spacial score (nSPS) is 10.9. The Labute approximate surface area is 181 Å². The molecule has 1 amide bonds. The van der Waals surface area contributed by atoms with Gasteiger partial charge in [0, 0.05) is 15.7 Å². The van der Waals surface area contributed by atoms with Gasteiger partial charge in [-0.3, -0.25) is 4.79 Å². The summed E-state index contributed by atoms with van der Waals surface area (Å²) >= 11 is 3.41. The fourth-order valence-electron chi connectivity index (χ4n) is 2.80. The van der Waals surface area contributed by atoms with Crippen molar-refractivity contribution in [1.29, 1.82) is 0 Å². The van der Waals surface area contributed by atoms with Gasteiger partial charge >= 0.3 is 0 Å². The Morgan fingerprint density at radius 1 is 1.07 bits per heavy atom. The number of nitrogens with zero attached hydrogens (tertiary/aromatic N) is 2. The van der Waals surface area contributed by atoms with Gasteiger partial charge in [-0.25, -0.2) is 0 Å². The van der Waals surface area contributed by atoms with Crippen molar-refractivity contribution in [2.45, 2.75) is 20.0 Å². The average molecular weight is 468 g/mol. The lowest BCUT2D eigenvalue weighted by Gasteiger charge is -2.14. The first-order valence-electron chi connectivity index (χ1n) is 9.25. The number of hydrogen-bond acceptors (Lipinski definition) is 6. The Morgan fingerprint density at radius 2 is 1.90 bits per heavy atom. The molecule has 0 bridgehead atoms. The summed E-state index contributed by atoms with van der Waals surface area (Å²) in [6.07, 6.45) is 1.48. The van der Waals surface area contributed by atoms with Gasteiger partial charge in [-0.1, -0.05) is 22.0 Å². The van der Waals surface area contributed by atoms with E-state index in [0.29, 0.717) is 34.2 Å². The van der Waals surface area contributed by atoms with Gasteiger partial charge in [0.05, 0.1) is 17.9 Å². The van der Waals surface area contributed by atoms with Crippen LogP contribution in [-0.2, 0) is 0 Å². The van der Waals surface area contributed by atoms with Crippen LogP contribution >= 0.6 is 15.9 Å². The number of carbonyl (C=O) groups is 1. The molecule has 30 heavy (non-hydrogen) atoms. The fraction of sp³-hybridized carbons (Fsp3) is 0.136. The molecule has 7 nitrogen and oxygen atoms in total. The summed E-state index contributed by atoms with van der Waals surface area (Å²) in [7, 11) is 0. The minimum atomic E-state index is -0.286. The molecule has 0 saturated carbocycles. The van der Waals surface area contributed by atoms with E-state index in [0.717, 1.165) is 4.47 Å². The second-order valence-electron chi connectivity index (χ2n) is 6.73. The van der Waals surface area contributed by atoms with Gasteiger partial charge in [-0.05, 0) is 62.4 Å². The van der Waals surface area contributed by atoms with E-state index >= 15 is 0 Å². The fourth-order valence-corrected chi connectivity index (χ4v) is 3.17. The third kappa shape index (κ3) is 4.44. The first kappa shape index (κ1) is 19.9. The Morgan fingerprint density at radius 3 is 2.67 bits per heavy atom. The summed E-state index contributed by atoms with van der Waals surface area (Å²) in [5.74, 6) is 1.33. The van der Waals surface area contributed by atoms with Crippen molar-refractivity contribution in [2.75, 3.05) is 5.32 Å². The van der Waals surface area contributed by atoms with Gasteiger partial charge in [-0.2, -0.15) is 0 Å². The van der Waals surface area contributed by atoms with Crippen LogP contribution in [0.3, 0.4) is 0 Å². The van der Waals surface area contributed by atoms with Crippen LogP contribution in [0.4, 0.5) is 5.69 Å². The number of aromatic nitrogens is 2. The monoisotopic (exact) mass is 467 g/mol. The molecular weight excluding hydrogens is 450 g/mol. The summed E-state index contributed by atoms with van der Waals surface area (Å²) in [5.41, 5.74) is 1.69. The summed E-state index contributed by atoms with van der Waals surface area (Å²) in [6.45, 7) is 3.82. The minimum Gasteiger partial charge on any atom is -0.490 e. The van der Waals surface area contributed by atoms with Gasteiger partial charge in [0.2, 0.25) is 5.89 Å².